The summed E-state index contributed by atoms with van der Waals surface area (Å²) in [6.07, 6.45) is 3.22. The van der Waals surface area contributed by atoms with E-state index in [2.05, 4.69) is 30.0 Å². The van der Waals surface area contributed by atoms with Crippen LogP contribution in [0.15, 0.2) is 28.7 Å². The van der Waals surface area contributed by atoms with E-state index in [1.54, 1.807) is 12.1 Å². The second kappa shape index (κ2) is 7.10. The Bertz CT molecular complexity index is 1150. The highest BCUT2D eigenvalue weighted by molar-refractivity contribution is 6.02. The zero-order chi connectivity index (χ0) is 21.0. The zero-order valence-electron chi connectivity index (χ0n) is 17.6. The van der Waals surface area contributed by atoms with E-state index in [-0.39, 0.29) is 5.82 Å². The van der Waals surface area contributed by atoms with Crippen molar-refractivity contribution in [2.75, 3.05) is 32.1 Å². The molecule has 0 unspecified atom stereocenters. The first-order valence-corrected chi connectivity index (χ1v) is 10.5. The highest BCUT2D eigenvalue weighted by Gasteiger charge is 2.34. The predicted molar refractivity (Wildman–Crippen MR) is 115 cm³/mol. The number of halogens is 1. The van der Waals surface area contributed by atoms with Gasteiger partial charge in [0.1, 0.15) is 17.4 Å². The van der Waals surface area contributed by atoms with Crippen molar-refractivity contribution >= 4 is 16.8 Å². The van der Waals surface area contributed by atoms with Crippen molar-refractivity contribution < 1.29 is 8.81 Å². The van der Waals surface area contributed by atoms with Crippen molar-refractivity contribution in [2.45, 2.75) is 38.1 Å². The van der Waals surface area contributed by atoms with E-state index in [4.69, 9.17) is 9.40 Å². The zero-order valence-corrected chi connectivity index (χ0v) is 17.6. The fourth-order valence-corrected chi connectivity index (χ4v) is 4.54. The molecule has 2 aromatic carbocycles. The molecule has 6 heteroatoms. The van der Waals surface area contributed by atoms with Gasteiger partial charge in [0.15, 0.2) is 11.5 Å². The van der Waals surface area contributed by atoms with Crippen molar-refractivity contribution in [3.05, 3.63) is 47.1 Å². The van der Waals surface area contributed by atoms with Gasteiger partial charge in [0.25, 0.3) is 0 Å². The summed E-state index contributed by atoms with van der Waals surface area (Å²) in [5, 5.41) is 9.95. The molecule has 0 bridgehead atoms. The van der Waals surface area contributed by atoms with Crippen molar-refractivity contribution in [2.24, 2.45) is 0 Å². The highest BCUT2D eigenvalue weighted by Crippen LogP contribution is 2.47. The highest BCUT2D eigenvalue weighted by atomic mass is 19.1. The summed E-state index contributed by atoms with van der Waals surface area (Å²) in [7, 11) is 4.21. The van der Waals surface area contributed by atoms with Crippen molar-refractivity contribution in [3.8, 4) is 17.2 Å². The lowest BCUT2D eigenvalue weighted by Gasteiger charge is -2.25. The molecule has 2 fully saturated rings. The minimum absolute atomic E-state index is 0.274. The van der Waals surface area contributed by atoms with Gasteiger partial charge in [0.05, 0.1) is 11.3 Å². The van der Waals surface area contributed by atoms with Crippen molar-refractivity contribution in [3.63, 3.8) is 0 Å². The molecule has 1 aliphatic carbocycles. The van der Waals surface area contributed by atoms with Gasteiger partial charge < -0.3 is 14.2 Å². The van der Waals surface area contributed by atoms with E-state index < -0.39 is 0 Å². The Labute approximate surface area is 175 Å². The number of rotatable bonds is 4. The Morgan fingerprint density at radius 1 is 1.20 bits per heavy atom. The monoisotopic (exact) mass is 404 g/mol. The Kier molecular flexibility index (Phi) is 4.52. The molecule has 1 aliphatic heterocycles. The number of anilines is 1. The van der Waals surface area contributed by atoms with E-state index in [0.29, 0.717) is 28.6 Å². The molecule has 154 valence electrons. The van der Waals surface area contributed by atoms with Gasteiger partial charge in [-0.25, -0.2) is 9.37 Å². The molecule has 0 amide bonds. The number of oxazole rings is 1. The van der Waals surface area contributed by atoms with Crippen LogP contribution in [0.25, 0.3) is 22.2 Å². The number of benzene rings is 2. The van der Waals surface area contributed by atoms with E-state index in [1.807, 2.05) is 6.92 Å². The molecule has 3 aromatic rings. The Balaban J connectivity index is 1.78. The lowest BCUT2D eigenvalue weighted by Crippen LogP contribution is -2.31. The van der Waals surface area contributed by atoms with Crippen LogP contribution in [0.1, 0.15) is 42.2 Å². The number of aromatic nitrogens is 1. The molecule has 0 N–H and O–H groups in total. The molecule has 2 aliphatic rings. The molecular weight excluding hydrogens is 379 g/mol. The van der Waals surface area contributed by atoms with Gasteiger partial charge in [-0.2, -0.15) is 5.26 Å². The van der Waals surface area contributed by atoms with E-state index >= 15 is 0 Å². The van der Waals surface area contributed by atoms with Crippen LogP contribution in [-0.4, -0.2) is 43.1 Å². The summed E-state index contributed by atoms with van der Waals surface area (Å²) in [6, 6.07) is 9.31. The fourth-order valence-electron chi connectivity index (χ4n) is 4.54. The normalized spacial score (nSPS) is 19.1. The van der Waals surface area contributed by atoms with Crippen LogP contribution in [0.4, 0.5) is 10.1 Å². The molecule has 1 aromatic heterocycles. The molecule has 5 nitrogen and oxygen atoms in total. The molecule has 1 atom stereocenters. The van der Waals surface area contributed by atoms with Crippen LogP contribution in [0, 0.1) is 24.1 Å². The number of nitriles is 1. The molecule has 1 saturated carbocycles. The molecular formula is C24H25FN4O. The topological polar surface area (TPSA) is 56.3 Å². The lowest BCUT2D eigenvalue weighted by atomic mass is 9.93. The number of likely N-dealkylation sites (N-methyl/N-ethyl adjacent to an activating group) is 1. The van der Waals surface area contributed by atoms with Crippen LogP contribution in [-0.2, 0) is 0 Å². The molecule has 5 rings (SSSR count). The van der Waals surface area contributed by atoms with Gasteiger partial charge in [0.2, 0.25) is 0 Å². The third-order valence-electron chi connectivity index (χ3n) is 6.46. The maximum Gasteiger partial charge on any atom is 0.198 e. The molecule has 1 saturated heterocycles. The average Bonchev–Trinajstić information content (AvgIpc) is 3.29. The number of hydrogen-bond acceptors (Lipinski definition) is 5. The Morgan fingerprint density at radius 3 is 2.53 bits per heavy atom. The van der Waals surface area contributed by atoms with Gasteiger partial charge in [-0.05, 0) is 63.5 Å². The number of fused-ring (bicyclic) bond motifs is 1. The van der Waals surface area contributed by atoms with E-state index in [9.17, 15) is 9.65 Å². The Hall–Kier alpha value is -2.91. The second-order valence-electron chi connectivity index (χ2n) is 8.70. The maximum atomic E-state index is 13.6. The summed E-state index contributed by atoms with van der Waals surface area (Å²) < 4.78 is 20.0. The van der Waals surface area contributed by atoms with Crippen LogP contribution in [0.3, 0.4) is 0 Å². The maximum absolute atomic E-state index is 13.6. The fraction of sp³-hybridized carbons (Fsp3) is 0.417. The predicted octanol–water partition coefficient (Wildman–Crippen LogP) is 4.83. The van der Waals surface area contributed by atoms with Gasteiger partial charge in [-0.1, -0.05) is 12.1 Å². The summed E-state index contributed by atoms with van der Waals surface area (Å²) in [5.41, 5.74) is 5.58. The van der Waals surface area contributed by atoms with Crippen LogP contribution in [0.5, 0.6) is 0 Å². The van der Waals surface area contributed by atoms with Crippen molar-refractivity contribution in [1.82, 2.24) is 9.88 Å². The summed E-state index contributed by atoms with van der Waals surface area (Å²) in [6.45, 7) is 3.74. The van der Waals surface area contributed by atoms with Crippen LogP contribution in [0.2, 0.25) is 0 Å². The second-order valence-corrected chi connectivity index (χ2v) is 8.70. The first kappa shape index (κ1) is 19.1. The number of hydrogen-bond donors (Lipinski definition) is 0. The van der Waals surface area contributed by atoms with E-state index in [0.717, 1.165) is 60.6 Å². The molecule has 2 heterocycles. The van der Waals surface area contributed by atoms with Gasteiger partial charge in [-0.3, -0.25) is 0 Å². The minimum Gasteiger partial charge on any atom is -0.438 e. The SMILES string of the molecule is Cc1c(-c2ccc(F)cc2)c(N2CC[C@H](N(C)C)C2)c2oc(C3CC3)nc2c1C#N. The van der Waals surface area contributed by atoms with Gasteiger partial charge >= 0.3 is 0 Å². The molecule has 30 heavy (non-hydrogen) atoms. The minimum atomic E-state index is -0.274. The summed E-state index contributed by atoms with van der Waals surface area (Å²) >= 11 is 0. The first-order chi connectivity index (χ1) is 14.5. The largest absolute Gasteiger partial charge is 0.438 e. The smallest absolute Gasteiger partial charge is 0.198 e. The van der Waals surface area contributed by atoms with Crippen LogP contribution >= 0.6 is 0 Å². The summed E-state index contributed by atoms with van der Waals surface area (Å²) in [5.74, 6) is 0.824. The van der Waals surface area contributed by atoms with Gasteiger partial charge in [0, 0.05) is 30.6 Å². The van der Waals surface area contributed by atoms with Gasteiger partial charge in [-0.15, -0.1) is 0 Å². The third-order valence-corrected chi connectivity index (χ3v) is 6.46. The lowest BCUT2D eigenvalue weighted by molar-refractivity contribution is 0.315. The Morgan fingerprint density at radius 2 is 1.93 bits per heavy atom. The molecule has 0 spiro atoms. The quantitative estimate of drug-likeness (QED) is 0.623. The number of nitrogens with zero attached hydrogens (tertiary/aromatic N) is 4. The van der Waals surface area contributed by atoms with Crippen LogP contribution < -0.4 is 4.90 Å². The third kappa shape index (κ3) is 3.05. The average molecular weight is 404 g/mol. The van der Waals surface area contributed by atoms with E-state index in [1.165, 1.54) is 12.1 Å². The molecule has 0 radical (unpaired) electrons. The first-order valence-electron chi connectivity index (χ1n) is 10.5. The van der Waals surface area contributed by atoms with Crippen molar-refractivity contribution in [1.29, 1.82) is 5.26 Å². The standard InChI is InChI=1S/C24H25FN4O/c1-14-19(12-26)21-23(30-24(27-21)16-4-5-16)22(29-11-10-18(13-29)28(2)3)20(14)15-6-8-17(25)9-7-15/h6-9,16,18H,4-5,10-11,13H2,1-3H3/t18-/m0/s1. The summed E-state index contributed by atoms with van der Waals surface area (Å²) in [4.78, 5) is 9.36.